The molecule has 0 heterocycles. The molecule has 0 aromatic carbocycles. The summed E-state index contributed by atoms with van der Waals surface area (Å²) in [5.41, 5.74) is -0.513. The van der Waals surface area contributed by atoms with Gasteiger partial charge in [-0.3, -0.25) is 4.79 Å². The molecule has 0 fully saturated rings. The van der Waals surface area contributed by atoms with Crippen LogP contribution >= 0.6 is 0 Å². The summed E-state index contributed by atoms with van der Waals surface area (Å²) in [7, 11) is 3.42. The molecule has 0 radical (unpaired) electrons. The summed E-state index contributed by atoms with van der Waals surface area (Å²) in [6.45, 7) is 5.42. The van der Waals surface area contributed by atoms with E-state index in [0.29, 0.717) is 6.42 Å². The lowest BCUT2D eigenvalue weighted by Gasteiger charge is -2.20. The molecule has 1 amide bonds. The van der Waals surface area contributed by atoms with E-state index in [0.717, 1.165) is 0 Å². The summed E-state index contributed by atoms with van der Waals surface area (Å²) in [6.07, 6.45) is 7.23. The van der Waals surface area contributed by atoms with E-state index in [-0.39, 0.29) is 5.91 Å². The van der Waals surface area contributed by atoms with Crippen molar-refractivity contribution in [1.29, 1.82) is 0 Å². The Morgan fingerprint density at radius 3 is 2.50 bits per heavy atom. The van der Waals surface area contributed by atoms with E-state index in [1.807, 2.05) is 6.92 Å². The van der Waals surface area contributed by atoms with E-state index in [2.05, 4.69) is 12.5 Å². The average molecular weight is 165 g/mol. The molecule has 12 heavy (non-hydrogen) atoms. The number of carbonyl (C=O) groups is 1. The highest BCUT2D eigenvalue weighted by Crippen LogP contribution is 2.21. The van der Waals surface area contributed by atoms with Gasteiger partial charge in [0.15, 0.2) is 0 Å². The van der Waals surface area contributed by atoms with Gasteiger partial charge in [-0.15, -0.1) is 13.0 Å². The molecular weight excluding hydrogens is 150 g/mol. The van der Waals surface area contributed by atoms with Gasteiger partial charge in [-0.1, -0.05) is 12.0 Å². The predicted octanol–water partition coefficient (Wildman–Crippen LogP) is 1.29. The predicted molar refractivity (Wildman–Crippen MR) is 50.4 cm³/mol. The van der Waals surface area contributed by atoms with Crippen LogP contribution in [-0.4, -0.2) is 24.9 Å². The van der Waals surface area contributed by atoms with E-state index >= 15 is 0 Å². The third kappa shape index (κ3) is 2.79. The molecule has 1 atom stereocenters. The van der Waals surface area contributed by atoms with Gasteiger partial charge in [-0.2, -0.15) is 0 Å². The SMILES string of the molecule is C#CC(C)(C=C)CC(=O)N(C)C. The normalized spacial score (nSPS) is 14.2. The highest BCUT2D eigenvalue weighted by Gasteiger charge is 2.21. The summed E-state index contributed by atoms with van der Waals surface area (Å²) in [5.74, 6) is 2.57. The van der Waals surface area contributed by atoms with Crippen molar-refractivity contribution >= 4 is 5.91 Å². The third-order valence-electron chi connectivity index (χ3n) is 1.80. The standard InChI is InChI=1S/C10H15NO/c1-6-10(3,7-2)8-9(12)11(4)5/h1,7H,2,8H2,3-5H3. The molecule has 0 spiro atoms. The molecule has 0 aromatic heterocycles. The molecule has 0 aromatic rings. The lowest BCUT2D eigenvalue weighted by atomic mass is 9.87. The van der Waals surface area contributed by atoms with Crippen molar-refractivity contribution < 1.29 is 4.79 Å². The molecular formula is C10H15NO. The number of amides is 1. The lowest BCUT2D eigenvalue weighted by Crippen LogP contribution is -2.27. The van der Waals surface area contributed by atoms with Crippen molar-refractivity contribution in [2.24, 2.45) is 5.41 Å². The minimum Gasteiger partial charge on any atom is -0.349 e. The van der Waals surface area contributed by atoms with Crippen LogP contribution in [0.5, 0.6) is 0 Å². The van der Waals surface area contributed by atoms with Gasteiger partial charge in [0.05, 0.1) is 5.41 Å². The maximum Gasteiger partial charge on any atom is 0.223 e. The molecule has 66 valence electrons. The summed E-state index contributed by atoms with van der Waals surface area (Å²) in [4.78, 5) is 12.8. The first-order chi connectivity index (χ1) is 5.45. The molecule has 1 unspecified atom stereocenters. The van der Waals surface area contributed by atoms with Crippen LogP contribution in [0.15, 0.2) is 12.7 Å². The molecule has 0 saturated heterocycles. The Morgan fingerprint density at radius 1 is 1.75 bits per heavy atom. The van der Waals surface area contributed by atoms with Gasteiger partial charge in [0.25, 0.3) is 0 Å². The molecule has 0 rings (SSSR count). The number of allylic oxidation sites excluding steroid dienone is 1. The van der Waals surface area contributed by atoms with E-state index in [1.165, 1.54) is 4.90 Å². The fraction of sp³-hybridized carbons (Fsp3) is 0.500. The van der Waals surface area contributed by atoms with Crippen molar-refractivity contribution in [3.8, 4) is 12.3 Å². The summed E-state index contributed by atoms with van der Waals surface area (Å²) in [5, 5.41) is 0. The smallest absolute Gasteiger partial charge is 0.223 e. The van der Waals surface area contributed by atoms with Crippen LogP contribution in [0.2, 0.25) is 0 Å². The first kappa shape index (κ1) is 10.8. The minimum atomic E-state index is -0.513. The van der Waals surface area contributed by atoms with Crippen LogP contribution in [0, 0.1) is 17.8 Å². The Balaban J connectivity index is 4.34. The molecule has 0 bridgehead atoms. The van der Waals surface area contributed by atoms with Crippen molar-refractivity contribution in [3.05, 3.63) is 12.7 Å². The first-order valence-electron chi connectivity index (χ1n) is 3.76. The van der Waals surface area contributed by atoms with Crippen LogP contribution in [0.4, 0.5) is 0 Å². The fourth-order valence-corrected chi connectivity index (χ4v) is 0.654. The Hall–Kier alpha value is -1.23. The average Bonchev–Trinajstić information content (AvgIpc) is 2.04. The topological polar surface area (TPSA) is 20.3 Å². The molecule has 2 heteroatoms. The largest absolute Gasteiger partial charge is 0.349 e. The van der Waals surface area contributed by atoms with Crippen LogP contribution < -0.4 is 0 Å². The number of nitrogens with zero attached hydrogens (tertiary/aromatic N) is 1. The van der Waals surface area contributed by atoms with Crippen LogP contribution in [-0.2, 0) is 4.79 Å². The van der Waals surface area contributed by atoms with Crippen LogP contribution in [0.25, 0.3) is 0 Å². The Kier molecular flexibility index (Phi) is 3.56. The maximum atomic E-state index is 11.3. The quantitative estimate of drug-likeness (QED) is 0.456. The van der Waals surface area contributed by atoms with E-state index in [9.17, 15) is 4.79 Å². The van der Waals surface area contributed by atoms with Crippen LogP contribution in [0.1, 0.15) is 13.3 Å². The highest BCUT2D eigenvalue weighted by atomic mass is 16.2. The second kappa shape index (κ2) is 3.96. The van der Waals surface area contributed by atoms with Gasteiger partial charge in [-0.05, 0) is 6.92 Å². The molecule has 0 aliphatic rings. The van der Waals surface area contributed by atoms with E-state index < -0.39 is 5.41 Å². The number of hydrogen-bond acceptors (Lipinski definition) is 1. The Bertz CT molecular complexity index is 224. The molecule has 2 nitrogen and oxygen atoms in total. The zero-order chi connectivity index (χ0) is 9.78. The molecule has 0 saturated carbocycles. The van der Waals surface area contributed by atoms with Gasteiger partial charge in [-0.25, -0.2) is 0 Å². The lowest BCUT2D eigenvalue weighted by molar-refractivity contribution is -0.129. The van der Waals surface area contributed by atoms with Crippen molar-refractivity contribution in [2.45, 2.75) is 13.3 Å². The summed E-state index contributed by atoms with van der Waals surface area (Å²) < 4.78 is 0. The van der Waals surface area contributed by atoms with Crippen molar-refractivity contribution in [3.63, 3.8) is 0 Å². The van der Waals surface area contributed by atoms with Gasteiger partial charge < -0.3 is 4.90 Å². The second-order valence-corrected chi connectivity index (χ2v) is 3.23. The fourth-order valence-electron chi connectivity index (χ4n) is 0.654. The summed E-state index contributed by atoms with van der Waals surface area (Å²) >= 11 is 0. The minimum absolute atomic E-state index is 0.0235. The zero-order valence-corrected chi connectivity index (χ0v) is 7.92. The van der Waals surface area contributed by atoms with E-state index in [4.69, 9.17) is 6.42 Å². The Morgan fingerprint density at radius 2 is 2.25 bits per heavy atom. The monoisotopic (exact) mass is 165 g/mol. The molecule has 0 aliphatic heterocycles. The number of rotatable bonds is 3. The number of carbonyl (C=O) groups excluding carboxylic acids is 1. The van der Waals surface area contributed by atoms with Gasteiger partial charge in [0.2, 0.25) is 5.91 Å². The molecule has 0 aliphatic carbocycles. The summed E-state index contributed by atoms with van der Waals surface area (Å²) in [6, 6.07) is 0. The zero-order valence-electron chi connectivity index (χ0n) is 7.92. The van der Waals surface area contributed by atoms with E-state index in [1.54, 1.807) is 20.2 Å². The number of hydrogen-bond donors (Lipinski definition) is 0. The third-order valence-corrected chi connectivity index (χ3v) is 1.80. The van der Waals surface area contributed by atoms with Crippen molar-refractivity contribution in [2.75, 3.05) is 14.1 Å². The highest BCUT2D eigenvalue weighted by molar-refractivity contribution is 5.77. The van der Waals surface area contributed by atoms with Gasteiger partial charge in [0, 0.05) is 20.5 Å². The molecule has 0 N–H and O–H groups in total. The second-order valence-electron chi connectivity index (χ2n) is 3.23. The Labute approximate surface area is 74.3 Å². The maximum absolute atomic E-state index is 11.3. The number of terminal acetylenes is 1. The van der Waals surface area contributed by atoms with Gasteiger partial charge in [0.1, 0.15) is 0 Å². The van der Waals surface area contributed by atoms with Crippen LogP contribution in [0.3, 0.4) is 0 Å². The first-order valence-corrected chi connectivity index (χ1v) is 3.76. The van der Waals surface area contributed by atoms with Crippen molar-refractivity contribution in [1.82, 2.24) is 4.90 Å². The van der Waals surface area contributed by atoms with Gasteiger partial charge >= 0.3 is 0 Å².